The van der Waals surface area contributed by atoms with Gasteiger partial charge in [0.1, 0.15) is 13.2 Å². The van der Waals surface area contributed by atoms with Crippen molar-refractivity contribution in [3.63, 3.8) is 0 Å². The van der Waals surface area contributed by atoms with Gasteiger partial charge < -0.3 is 5.11 Å². The molecule has 0 saturated heterocycles. The number of aryl methyl sites for hydroxylation is 1. The zero-order valence-electron chi connectivity index (χ0n) is 11.4. The second kappa shape index (κ2) is 6.47. The topological polar surface area (TPSA) is 57.6 Å². The Balaban J connectivity index is 3.31. The lowest BCUT2D eigenvalue weighted by molar-refractivity contribution is -0.134. The van der Waals surface area contributed by atoms with Crippen LogP contribution in [0.25, 0.3) is 0 Å². The molecular formula is C13H14F3NO3S. The van der Waals surface area contributed by atoms with Crippen LogP contribution in [0.4, 0.5) is 13.2 Å². The van der Waals surface area contributed by atoms with Crippen LogP contribution < -0.4 is 0 Å². The van der Waals surface area contributed by atoms with Gasteiger partial charge in [0.15, 0.2) is 0 Å². The average molecular weight is 321 g/mol. The Morgan fingerprint density at radius 3 is 2.48 bits per heavy atom. The van der Waals surface area contributed by atoms with E-state index in [1.807, 2.05) is 0 Å². The minimum atomic E-state index is -4.64. The molecule has 0 unspecified atom stereocenters. The van der Waals surface area contributed by atoms with Gasteiger partial charge in [-0.2, -0.15) is 17.5 Å². The van der Waals surface area contributed by atoms with Crippen molar-refractivity contribution in [2.75, 3.05) is 20.2 Å². The van der Waals surface area contributed by atoms with Gasteiger partial charge in [-0.1, -0.05) is 17.9 Å². The number of aliphatic hydroxyl groups excluding tert-OH is 1. The Hall–Kier alpha value is -1.56. The van der Waals surface area contributed by atoms with Gasteiger partial charge in [-0.15, -0.1) is 0 Å². The molecule has 0 aliphatic rings. The van der Waals surface area contributed by atoms with Gasteiger partial charge >= 0.3 is 6.18 Å². The molecule has 1 N–H and O–H groups in total. The largest absolute Gasteiger partial charge is 0.402 e. The molecule has 4 nitrogen and oxygen atoms in total. The molecule has 1 aromatic rings. The molecule has 116 valence electrons. The van der Waals surface area contributed by atoms with Crippen LogP contribution in [-0.2, 0) is 10.0 Å². The summed E-state index contributed by atoms with van der Waals surface area (Å²) in [5.41, 5.74) is 0.757. The molecule has 0 aromatic heterocycles. The normalized spacial score (nSPS) is 12.1. The molecule has 0 spiro atoms. The lowest BCUT2D eigenvalue weighted by Gasteiger charge is -2.19. The number of aliphatic hydroxyl groups is 1. The number of nitrogens with zero attached hydrogens (tertiary/aromatic N) is 1. The summed E-state index contributed by atoms with van der Waals surface area (Å²) in [5.74, 6) is 4.73. The molecule has 0 aliphatic carbocycles. The number of halogens is 3. The first-order valence-corrected chi connectivity index (χ1v) is 7.25. The maximum absolute atomic E-state index is 12.4. The van der Waals surface area contributed by atoms with E-state index < -0.39 is 29.4 Å². The summed E-state index contributed by atoms with van der Waals surface area (Å²) in [4.78, 5) is -0.319. The highest BCUT2D eigenvalue weighted by atomic mass is 32.2. The molecule has 1 aromatic carbocycles. The quantitative estimate of drug-likeness (QED) is 0.859. The van der Waals surface area contributed by atoms with E-state index in [0.717, 1.165) is 7.05 Å². The highest BCUT2D eigenvalue weighted by Gasteiger charge is 2.35. The van der Waals surface area contributed by atoms with Crippen molar-refractivity contribution in [2.45, 2.75) is 18.0 Å². The van der Waals surface area contributed by atoms with Crippen LogP contribution in [0.15, 0.2) is 23.1 Å². The smallest absolute Gasteiger partial charge is 0.384 e. The Kier molecular flexibility index (Phi) is 5.39. The average Bonchev–Trinajstić information content (AvgIpc) is 2.34. The van der Waals surface area contributed by atoms with E-state index >= 15 is 0 Å². The number of sulfonamides is 1. The molecule has 0 amide bonds. The Morgan fingerprint density at radius 2 is 1.95 bits per heavy atom. The lowest BCUT2D eigenvalue weighted by Crippen LogP contribution is -2.36. The Bertz CT molecular complexity index is 672. The monoisotopic (exact) mass is 321 g/mol. The van der Waals surface area contributed by atoms with E-state index in [9.17, 15) is 21.6 Å². The van der Waals surface area contributed by atoms with Crippen LogP contribution in [0, 0.1) is 18.8 Å². The molecule has 1 rings (SSSR count). The second-order valence-electron chi connectivity index (χ2n) is 4.34. The first-order chi connectivity index (χ1) is 9.58. The predicted molar refractivity (Wildman–Crippen MR) is 71.0 cm³/mol. The van der Waals surface area contributed by atoms with Crippen LogP contribution in [0.1, 0.15) is 11.1 Å². The van der Waals surface area contributed by atoms with E-state index in [2.05, 4.69) is 11.8 Å². The predicted octanol–water partition coefficient (Wildman–Crippen LogP) is 1.52. The fraction of sp³-hybridized carbons (Fsp3) is 0.385. The van der Waals surface area contributed by atoms with E-state index in [0.29, 0.717) is 5.56 Å². The Labute approximate surface area is 121 Å². The number of rotatable bonds is 3. The van der Waals surface area contributed by atoms with Crippen molar-refractivity contribution in [2.24, 2.45) is 0 Å². The van der Waals surface area contributed by atoms with Crippen molar-refractivity contribution in [3.8, 4) is 11.8 Å². The molecule has 0 bridgehead atoms. The van der Waals surface area contributed by atoms with Gasteiger partial charge in [0.25, 0.3) is 0 Å². The molecule has 8 heteroatoms. The SMILES string of the molecule is Cc1ccc(S(=O)(=O)N(C)CC(F)(F)F)c(C#CCO)c1. The first-order valence-electron chi connectivity index (χ1n) is 5.81. The molecule has 0 heterocycles. The van der Waals surface area contributed by atoms with Crippen molar-refractivity contribution in [1.29, 1.82) is 0 Å². The zero-order chi connectivity index (χ0) is 16.3. The molecule has 0 fully saturated rings. The van der Waals surface area contributed by atoms with Gasteiger partial charge in [-0.25, -0.2) is 8.42 Å². The van der Waals surface area contributed by atoms with Gasteiger partial charge in [0, 0.05) is 12.6 Å². The summed E-state index contributed by atoms with van der Waals surface area (Å²) in [6.07, 6.45) is -4.64. The fourth-order valence-corrected chi connectivity index (χ4v) is 2.89. The fourth-order valence-electron chi connectivity index (χ4n) is 1.61. The highest BCUT2D eigenvalue weighted by molar-refractivity contribution is 7.89. The molecule has 0 saturated carbocycles. The van der Waals surface area contributed by atoms with Gasteiger partial charge in [-0.05, 0) is 24.6 Å². The van der Waals surface area contributed by atoms with E-state index in [1.54, 1.807) is 6.92 Å². The highest BCUT2D eigenvalue weighted by Crippen LogP contribution is 2.24. The molecular weight excluding hydrogens is 307 g/mol. The third kappa shape index (κ3) is 4.74. The van der Waals surface area contributed by atoms with Crippen LogP contribution >= 0.6 is 0 Å². The Morgan fingerprint density at radius 1 is 1.33 bits per heavy atom. The van der Waals surface area contributed by atoms with Crippen molar-refractivity contribution < 1.29 is 26.7 Å². The minimum absolute atomic E-state index is 0.0538. The first kappa shape index (κ1) is 17.5. The van der Waals surface area contributed by atoms with Crippen LogP contribution in [-0.4, -0.2) is 44.2 Å². The zero-order valence-corrected chi connectivity index (χ0v) is 12.2. The van der Waals surface area contributed by atoms with Crippen LogP contribution in [0.2, 0.25) is 0 Å². The molecule has 0 radical (unpaired) electrons. The number of benzene rings is 1. The third-order valence-electron chi connectivity index (χ3n) is 2.53. The molecule has 0 atom stereocenters. The standard InChI is InChI=1S/C13H14F3NO3S/c1-10-5-6-12(11(8-10)4-3-7-18)21(19,20)17(2)9-13(14,15)16/h5-6,8,18H,7,9H2,1-2H3. The minimum Gasteiger partial charge on any atom is -0.384 e. The van der Waals surface area contributed by atoms with Gasteiger partial charge in [0.05, 0.1) is 4.90 Å². The van der Waals surface area contributed by atoms with E-state index in [1.165, 1.54) is 18.2 Å². The maximum atomic E-state index is 12.4. The van der Waals surface area contributed by atoms with Crippen molar-refractivity contribution in [1.82, 2.24) is 4.31 Å². The molecule has 0 aliphatic heterocycles. The van der Waals surface area contributed by atoms with Gasteiger partial charge in [0.2, 0.25) is 10.0 Å². The van der Waals surface area contributed by atoms with Crippen LogP contribution in [0.5, 0.6) is 0 Å². The van der Waals surface area contributed by atoms with Crippen LogP contribution in [0.3, 0.4) is 0 Å². The number of hydrogen-bond donors (Lipinski definition) is 1. The summed E-state index contributed by atoms with van der Waals surface area (Å²) < 4.78 is 61.7. The molecule has 21 heavy (non-hydrogen) atoms. The second-order valence-corrected chi connectivity index (χ2v) is 6.35. The summed E-state index contributed by atoms with van der Waals surface area (Å²) in [5, 5.41) is 8.67. The van der Waals surface area contributed by atoms with E-state index in [4.69, 9.17) is 5.11 Å². The summed E-state index contributed by atoms with van der Waals surface area (Å²) in [7, 11) is -3.47. The van der Waals surface area contributed by atoms with Crippen molar-refractivity contribution in [3.05, 3.63) is 29.3 Å². The summed E-state index contributed by atoms with van der Waals surface area (Å²) in [6.45, 7) is -0.373. The third-order valence-corrected chi connectivity index (χ3v) is 4.39. The van der Waals surface area contributed by atoms with E-state index in [-0.39, 0.29) is 14.8 Å². The maximum Gasteiger partial charge on any atom is 0.402 e. The summed E-state index contributed by atoms with van der Waals surface area (Å²) in [6, 6.07) is 4.12. The lowest BCUT2D eigenvalue weighted by atomic mass is 10.1. The van der Waals surface area contributed by atoms with Gasteiger partial charge in [-0.3, -0.25) is 0 Å². The number of alkyl halides is 3. The number of hydrogen-bond acceptors (Lipinski definition) is 3. The van der Waals surface area contributed by atoms with Crippen molar-refractivity contribution >= 4 is 10.0 Å². The summed E-state index contributed by atoms with van der Waals surface area (Å²) >= 11 is 0.